The molecular formula is C12H19NO3S. The van der Waals surface area contributed by atoms with Gasteiger partial charge in [-0.25, -0.2) is 4.98 Å². The van der Waals surface area contributed by atoms with Crippen LogP contribution in [0.5, 0.6) is 0 Å². The van der Waals surface area contributed by atoms with E-state index in [0.717, 1.165) is 0 Å². The zero-order chi connectivity index (χ0) is 13.3. The predicted octanol–water partition coefficient (Wildman–Crippen LogP) is 2.33. The average Bonchev–Trinajstić information content (AvgIpc) is 2.66. The van der Waals surface area contributed by atoms with Gasteiger partial charge in [0.25, 0.3) is 0 Å². The van der Waals surface area contributed by atoms with Gasteiger partial charge in [0.2, 0.25) is 0 Å². The summed E-state index contributed by atoms with van der Waals surface area (Å²) >= 11 is 1.32. The Bertz CT molecular complexity index is 379. The van der Waals surface area contributed by atoms with E-state index in [1.54, 1.807) is 46.2 Å². The van der Waals surface area contributed by atoms with E-state index < -0.39 is 23.1 Å². The van der Waals surface area contributed by atoms with Crippen molar-refractivity contribution in [2.45, 2.75) is 45.8 Å². The lowest BCUT2D eigenvalue weighted by Gasteiger charge is -2.29. The highest BCUT2D eigenvalue weighted by atomic mass is 32.1. The third kappa shape index (κ3) is 3.51. The van der Waals surface area contributed by atoms with E-state index in [4.69, 9.17) is 4.74 Å². The molecule has 0 saturated carbocycles. The molecule has 0 aliphatic carbocycles. The zero-order valence-electron chi connectivity index (χ0n) is 10.9. The number of thiazole rings is 1. The highest BCUT2D eigenvalue weighted by Crippen LogP contribution is 2.32. The van der Waals surface area contributed by atoms with Crippen molar-refractivity contribution in [1.82, 2.24) is 4.98 Å². The van der Waals surface area contributed by atoms with Crippen molar-refractivity contribution >= 4 is 17.3 Å². The Morgan fingerprint density at radius 3 is 2.47 bits per heavy atom. The van der Waals surface area contributed by atoms with Crippen molar-refractivity contribution in [3.63, 3.8) is 0 Å². The molecule has 0 saturated heterocycles. The summed E-state index contributed by atoms with van der Waals surface area (Å²) in [6.07, 6.45) is 1.61. The molecule has 1 heterocycles. The minimum atomic E-state index is -1.30. The van der Waals surface area contributed by atoms with Gasteiger partial charge in [0.15, 0.2) is 0 Å². The Balaban J connectivity index is 2.82. The fourth-order valence-corrected chi connectivity index (χ4v) is 2.07. The van der Waals surface area contributed by atoms with Crippen molar-refractivity contribution in [3.8, 4) is 0 Å². The number of hydrogen-bond acceptors (Lipinski definition) is 5. The summed E-state index contributed by atoms with van der Waals surface area (Å²) < 4.78 is 5.26. The molecular weight excluding hydrogens is 238 g/mol. The minimum absolute atomic E-state index is 0.419. The van der Waals surface area contributed by atoms with Gasteiger partial charge in [0.05, 0.1) is 5.92 Å². The Hall–Kier alpha value is -0.940. The SMILES string of the molecule is CC(C(=O)OC(C)(C)C)C(C)(O)c1nccs1. The Morgan fingerprint density at radius 1 is 1.47 bits per heavy atom. The van der Waals surface area contributed by atoms with Crippen LogP contribution in [-0.4, -0.2) is 21.7 Å². The van der Waals surface area contributed by atoms with E-state index in [2.05, 4.69) is 4.98 Å². The maximum absolute atomic E-state index is 11.9. The van der Waals surface area contributed by atoms with Gasteiger partial charge < -0.3 is 9.84 Å². The number of rotatable bonds is 3. The van der Waals surface area contributed by atoms with Crippen molar-refractivity contribution < 1.29 is 14.6 Å². The summed E-state index contributed by atoms with van der Waals surface area (Å²) in [5.74, 6) is -1.08. The van der Waals surface area contributed by atoms with Gasteiger partial charge in [-0.05, 0) is 34.6 Å². The lowest BCUT2D eigenvalue weighted by atomic mass is 9.91. The number of nitrogens with zero attached hydrogens (tertiary/aromatic N) is 1. The van der Waals surface area contributed by atoms with Gasteiger partial charge in [-0.2, -0.15) is 0 Å². The fourth-order valence-electron chi connectivity index (χ4n) is 1.28. The molecule has 0 radical (unpaired) electrons. The predicted molar refractivity (Wildman–Crippen MR) is 66.7 cm³/mol. The van der Waals surface area contributed by atoms with Gasteiger partial charge in [-0.1, -0.05) is 0 Å². The van der Waals surface area contributed by atoms with Crippen LogP contribution in [0.4, 0.5) is 0 Å². The summed E-state index contributed by atoms with van der Waals surface area (Å²) in [5, 5.41) is 12.7. The molecule has 2 atom stereocenters. The van der Waals surface area contributed by atoms with Gasteiger partial charge in [0, 0.05) is 11.6 Å². The lowest BCUT2D eigenvalue weighted by molar-refractivity contribution is -0.168. The molecule has 1 aromatic heterocycles. The summed E-state index contributed by atoms with van der Waals surface area (Å²) in [5.41, 5.74) is -1.85. The average molecular weight is 257 g/mol. The van der Waals surface area contributed by atoms with E-state index >= 15 is 0 Å². The molecule has 96 valence electrons. The van der Waals surface area contributed by atoms with Gasteiger partial charge in [-0.15, -0.1) is 11.3 Å². The summed E-state index contributed by atoms with van der Waals surface area (Å²) in [7, 11) is 0. The molecule has 2 unspecified atom stereocenters. The number of aliphatic hydroxyl groups is 1. The second-order valence-corrected chi connectivity index (χ2v) is 6.13. The van der Waals surface area contributed by atoms with Gasteiger partial charge in [0.1, 0.15) is 16.2 Å². The van der Waals surface area contributed by atoms with E-state index in [0.29, 0.717) is 5.01 Å². The molecule has 0 aliphatic rings. The third-order valence-electron chi connectivity index (χ3n) is 2.47. The molecule has 1 N–H and O–H groups in total. The highest BCUT2D eigenvalue weighted by molar-refractivity contribution is 7.09. The van der Waals surface area contributed by atoms with Crippen LogP contribution in [0, 0.1) is 5.92 Å². The van der Waals surface area contributed by atoms with Crippen molar-refractivity contribution in [2.75, 3.05) is 0 Å². The van der Waals surface area contributed by atoms with Crippen LogP contribution in [0.15, 0.2) is 11.6 Å². The topological polar surface area (TPSA) is 59.4 Å². The zero-order valence-corrected chi connectivity index (χ0v) is 11.7. The number of carbonyl (C=O) groups excluding carboxylic acids is 1. The second kappa shape index (κ2) is 4.74. The number of aromatic nitrogens is 1. The minimum Gasteiger partial charge on any atom is -0.460 e. The normalized spacial score (nSPS) is 17.3. The standard InChI is InChI=1S/C12H19NO3S/c1-8(9(14)16-11(2,3)4)12(5,15)10-13-6-7-17-10/h6-8,15H,1-5H3. The summed E-state index contributed by atoms with van der Waals surface area (Å²) in [6, 6.07) is 0. The summed E-state index contributed by atoms with van der Waals surface area (Å²) in [6.45, 7) is 8.64. The molecule has 1 rings (SSSR count). The van der Waals surface area contributed by atoms with E-state index in [9.17, 15) is 9.90 Å². The maximum Gasteiger partial charge on any atom is 0.312 e. The molecule has 17 heavy (non-hydrogen) atoms. The lowest BCUT2D eigenvalue weighted by Crippen LogP contribution is -2.39. The first kappa shape index (κ1) is 14.1. The van der Waals surface area contributed by atoms with Crippen LogP contribution in [0.25, 0.3) is 0 Å². The highest BCUT2D eigenvalue weighted by Gasteiger charge is 2.39. The van der Waals surface area contributed by atoms with Crippen molar-refractivity contribution in [1.29, 1.82) is 0 Å². The van der Waals surface area contributed by atoms with Crippen LogP contribution >= 0.6 is 11.3 Å². The van der Waals surface area contributed by atoms with Crippen LogP contribution in [0.1, 0.15) is 39.6 Å². The fraction of sp³-hybridized carbons (Fsp3) is 0.667. The second-order valence-electron chi connectivity index (χ2n) is 5.24. The van der Waals surface area contributed by atoms with Gasteiger partial charge >= 0.3 is 5.97 Å². The molecule has 0 aliphatic heterocycles. The molecule has 4 nitrogen and oxygen atoms in total. The first-order chi connectivity index (χ1) is 7.64. The molecule has 0 spiro atoms. The first-order valence-corrected chi connectivity index (χ1v) is 6.38. The molecule has 0 bridgehead atoms. The monoisotopic (exact) mass is 257 g/mol. The van der Waals surface area contributed by atoms with E-state index in [1.165, 1.54) is 11.3 Å². The smallest absolute Gasteiger partial charge is 0.312 e. The maximum atomic E-state index is 11.9. The van der Waals surface area contributed by atoms with Gasteiger partial charge in [-0.3, -0.25) is 4.79 Å². The van der Waals surface area contributed by atoms with Crippen molar-refractivity contribution in [3.05, 3.63) is 16.6 Å². The first-order valence-electron chi connectivity index (χ1n) is 5.50. The van der Waals surface area contributed by atoms with Crippen LogP contribution in [-0.2, 0) is 15.1 Å². The van der Waals surface area contributed by atoms with Crippen molar-refractivity contribution in [2.24, 2.45) is 5.92 Å². The number of esters is 1. The Kier molecular flexibility index (Phi) is 3.94. The largest absolute Gasteiger partial charge is 0.460 e. The van der Waals surface area contributed by atoms with E-state index in [1.807, 2.05) is 0 Å². The van der Waals surface area contributed by atoms with Crippen LogP contribution in [0.3, 0.4) is 0 Å². The third-order valence-corrected chi connectivity index (χ3v) is 3.47. The number of ether oxygens (including phenoxy) is 1. The van der Waals surface area contributed by atoms with Crippen LogP contribution < -0.4 is 0 Å². The Labute approximate surface area is 106 Å². The molecule has 5 heteroatoms. The number of carbonyl (C=O) groups is 1. The summed E-state index contributed by atoms with van der Waals surface area (Å²) in [4.78, 5) is 15.9. The van der Waals surface area contributed by atoms with E-state index in [-0.39, 0.29) is 0 Å². The molecule has 0 aromatic carbocycles. The number of hydrogen-bond donors (Lipinski definition) is 1. The molecule has 0 fully saturated rings. The Morgan fingerprint density at radius 2 is 2.06 bits per heavy atom. The molecule has 0 amide bonds. The van der Waals surface area contributed by atoms with Crippen LogP contribution in [0.2, 0.25) is 0 Å². The molecule has 1 aromatic rings. The quantitative estimate of drug-likeness (QED) is 0.844.